The molecule has 0 radical (unpaired) electrons. The van der Waals surface area contributed by atoms with Crippen LogP contribution in [0.4, 0.5) is 0 Å². The third-order valence-electron chi connectivity index (χ3n) is 4.16. The van der Waals surface area contributed by atoms with Crippen LogP contribution in [0.1, 0.15) is 23.8 Å². The summed E-state index contributed by atoms with van der Waals surface area (Å²) in [5, 5.41) is 17.5. The molecular weight excluding hydrogens is 302 g/mol. The minimum Gasteiger partial charge on any atom is -0.391 e. The predicted molar refractivity (Wildman–Crippen MR) is 84.7 cm³/mol. The molecule has 5 nitrogen and oxygen atoms in total. The summed E-state index contributed by atoms with van der Waals surface area (Å²) in [6.07, 6.45) is 0.335. The van der Waals surface area contributed by atoms with Crippen LogP contribution in [0.3, 0.4) is 0 Å². The molecule has 6 heteroatoms. The lowest BCUT2D eigenvalue weighted by Gasteiger charge is -2.33. The van der Waals surface area contributed by atoms with Gasteiger partial charge >= 0.3 is 0 Å². The molecule has 2 unspecified atom stereocenters. The fourth-order valence-corrected chi connectivity index (χ4v) is 2.87. The van der Waals surface area contributed by atoms with Crippen LogP contribution in [-0.4, -0.2) is 45.3 Å². The second-order valence-corrected chi connectivity index (χ2v) is 6.14. The van der Waals surface area contributed by atoms with E-state index in [9.17, 15) is 9.90 Å². The fourth-order valence-electron chi connectivity index (χ4n) is 2.64. The van der Waals surface area contributed by atoms with Gasteiger partial charge in [-0.25, -0.2) is 0 Å². The van der Waals surface area contributed by atoms with E-state index in [-0.39, 0.29) is 11.8 Å². The zero-order valence-corrected chi connectivity index (χ0v) is 13.0. The molecule has 3 rings (SSSR count). The second-order valence-electron chi connectivity index (χ2n) is 5.73. The average Bonchev–Trinajstić information content (AvgIpc) is 2.99. The number of H-pyrrole nitrogens is 1. The first-order chi connectivity index (χ1) is 10.6. The molecule has 22 heavy (non-hydrogen) atoms. The van der Waals surface area contributed by atoms with Crippen LogP contribution >= 0.6 is 11.6 Å². The molecule has 0 saturated carbocycles. The van der Waals surface area contributed by atoms with Crippen molar-refractivity contribution in [2.75, 3.05) is 13.1 Å². The molecule has 1 saturated heterocycles. The number of amides is 1. The SMILES string of the molecule is CC1CCN(C(=O)c2cc(-c3ccccc3Cl)n[nH]2)CC1O. The number of hydrogen-bond donors (Lipinski definition) is 2. The van der Waals surface area contributed by atoms with Crippen LogP contribution in [0.2, 0.25) is 5.02 Å². The van der Waals surface area contributed by atoms with Crippen LogP contribution in [0, 0.1) is 5.92 Å². The zero-order chi connectivity index (χ0) is 15.7. The number of rotatable bonds is 2. The Balaban J connectivity index is 1.79. The predicted octanol–water partition coefficient (Wildman–Crippen LogP) is 2.57. The molecule has 1 aliphatic rings. The van der Waals surface area contributed by atoms with Gasteiger partial charge in [-0.3, -0.25) is 9.89 Å². The highest BCUT2D eigenvalue weighted by Crippen LogP contribution is 2.27. The van der Waals surface area contributed by atoms with E-state index in [1.807, 2.05) is 25.1 Å². The van der Waals surface area contributed by atoms with Crippen molar-refractivity contribution in [1.82, 2.24) is 15.1 Å². The Kier molecular flexibility index (Phi) is 4.18. The monoisotopic (exact) mass is 319 g/mol. The Bertz CT molecular complexity index is 686. The van der Waals surface area contributed by atoms with Crippen molar-refractivity contribution >= 4 is 17.5 Å². The normalized spacial score (nSPS) is 21.9. The first-order valence-corrected chi connectivity index (χ1v) is 7.71. The number of carbonyl (C=O) groups excluding carboxylic acids is 1. The summed E-state index contributed by atoms with van der Waals surface area (Å²) in [5.41, 5.74) is 1.84. The molecule has 1 aliphatic heterocycles. The topological polar surface area (TPSA) is 69.2 Å². The van der Waals surface area contributed by atoms with Crippen molar-refractivity contribution in [1.29, 1.82) is 0 Å². The maximum Gasteiger partial charge on any atom is 0.271 e. The number of aliphatic hydroxyl groups is 1. The highest BCUT2D eigenvalue weighted by atomic mass is 35.5. The van der Waals surface area contributed by atoms with Gasteiger partial charge in [0.2, 0.25) is 0 Å². The molecule has 1 aromatic carbocycles. The van der Waals surface area contributed by atoms with E-state index in [4.69, 9.17) is 11.6 Å². The molecule has 2 aromatic rings. The van der Waals surface area contributed by atoms with Crippen molar-refractivity contribution in [3.8, 4) is 11.3 Å². The smallest absolute Gasteiger partial charge is 0.271 e. The van der Waals surface area contributed by atoms with Gasteiger partial charge in [-0.2, -0.15) is 5.10 Å². The lowest BCUT2D eigenvalue weighted by Crippen LogP contribution is -2.45. The third kappa shape index (κ3) is 2.87. The number of halogens is 1. The minimum atomic E-state index is -0.469. The summed E-state index contributed by atoms with van der Waals surface area (Å²) < 4.78 is 0. The summed E-state index contributed by atoms with van der Waals surface area (Å²) in [6.45, 7) is 3.01. The lowest BCUT2D eigenvalue weighted by molar-refractivity contribution is 0.0245. The Labute approximate surface area is 133 Å². The molecule has 2 N–H and O–H groups in total. The van der Waals surface area contributed by atoms with Crippen molar-refractivity contribution in [2.45, 2.75) is 19.4 Å². The summed E-state index contributed by atoms with van der Waals surface area (Å²) in [4.78, 5) is 14.2. The van der Waals surface area contributed by atoms with E-state index < -0.39 is 6.10 Å². The van der Waals surface area contributed by atoms with Gasteiger partial charge < -0.3 is 10.0 Å². The average molecular weight is 320 g/mol. The maximum atomic E-state index is 12.5. The van der Waals surface area contributed by atoms with E-state index in [1.54, 1.807) is 17.0 Å². The van der Waals surface area contributed by atoms with Gasteiger partial charge in [0.05, 0.1) is 16.8 Å². The molecule has 2 heterocycles. The number of nitrogens with zero attached hydrogens (tertiary/aromatic N) is 2. The third-order valence-corrected chi connectivity index (χ3v) is 4.49. The number of aromatic nitrogens is 2. The van der Waals surface area contributed by atoms with Gasteiger partial charge in [0.25, 0.3) is 5.91 Å². The highest BCUT2D eigenvalue weighted by Gasteiger charge is 2.28. The van der Waals surface area contributed by atoms with Crippen molar-refractivity contribution < 1.29 is 9.90 Å². The molecule has 1 amide bonds. The van der Waals surface area contributed by atoms with E-state index >= 15 is 0 Å². The Morgan fingerprint density at radius 3 is 2.95 bits per heavy atom. The molecule has 0 spiro atoms. The van der Waals surface area contributed by atoms with Gasteiger partial charge in [0.15, 0.2) is 0 Å². The first kappa shape index (κ1) is 15.1. The van der Waals surface area contributed by atoms with Crippen LogP contribution in [0.25, 0.3) is 11.3 Å². The van der Waals surface area contributed by atoms with E-state index in [2.05, 4.69) is 10.2 Å². The van der Waals surface area contributed by atoms with Crippen LogP contribution in [-0.2, 0) is 0 Å². The standard InChI is InChI=1S/C16H18ClN3O2/c1-10-6-7-20(9-15(10)21)16(22)14-8-13(18-19-14)11-4-2-3-5-12(11)17/h2-5,8,10,15,21H,6-7,9H2,1H3,(H,18,19). The molecule has 0 aliphatic carbocycles. The highest BCUT2D eigenvalue weighted by molar-refractivity contribution is 6.33. The number of β-amino-alcohol motifs (C(OH)–C–C–N with tert-alkyl or cyclic N) is 1. The summed E-state index contributed by atoms with van der Waals surface area (Å²) in [7, 11) is 0. The Morgan fingerprint density at radius 2 is 2.23 bits per heavy atom. The first-order valence-electron chi connectivity index (χ1n) is 7.34. The van der Waals surface area contributed by atoms with E-state index in [1.165, 1.54) is 0 Å². The quantitative estimate of drug-likeness (QED) is 0.894. The van der Waals surface area contributed by atoms with Crippen LogP contribution in [0.15, 0.2) is 30.3 Å². The number of aliphatic hydroxyl groups excluding tert-OH is 1. The summed E-state index contributed by atoms with van der Waals surface area (Å²) in [5.74, 6) is 0.0845. The van der Waals surface area contributed by atoms with Crippen molar-refractivity contribution in [3.63, 3.8) is 0 Å². The number of hydrogen-bond acceptors (Lipinski definition) is 3. The van der Waals surface area contributed by atoms with Crippen molar-refractivity contribution in [2.24, 2.45) is 5.92 Å². The summed E-state index contributed by atoms with van der Waals surface area (Å²) >= 11 is 6.15. The molecule has 1 fully saturated rings. The summed E-state index contributed by atoms with van der Waals surface area (Å²) in [6, 6.07) is 9.07. The number of likely N-dealkylation sites (tertiary alicyclic amines) is 1. The molecule has 2 atom stereocenters. The van der Waals surface area contributed by atoms with Crippen LogP contribution < -0.4 is 0 Å². The van der Waals surface area contributed by atoms with E-state index in [0.717, 1.165) is 12.0 Å². The fraction of sp³-hybridized carbons (Fsp3) is 0.375. The number of aromatic amines is 1. The van der Waals surface area contributed by atoms with E-state index in [0.29, 0.717) is 29.5 Å². The molecular formula is C16H18ClN3O2. The number of benzene rings is 1. The number of carbonyl (C=O) groups is 1. The van der Waals surface area contributed by atoms with Crippen LogP contribution in [0.5, 0.6) is 0 Å². The van der Waals surface area contributed by atoms with Gasteiger partial charge in [0, 0.05) is 18.7 Å². The maximum absolute atomic E-state index is 12.5. The number of piperidine rings is 1. The molecule has 116 valence electrons. The number of nitrogens with one attached hydrogen (secondary N) is 1. The van der Waals surface area contributed by atoms with Gasteiger partial charge in [-0.05, 0) is 24.5 Å². The Hall–Kier alpha value is -1.85. The lowest BCUT2D eigenvalue weighted by atomic mass is 9.96. The van der Waals surface area contributed by atoms with Gasteiger partial charge in [-0.15, -0.1) is 0 Å². The second kappa shape index (κ2) is 6.10. The minimum absolute atomic E-state index is 0.142. The zero-order valence-electron chi connectivity index (χ0n) is 12.3. The largest absolute Gasteiger partial charge is 0.391 e. The van der Waals surface area contributed by atoms with Gasteiger partial charge in [0.1, 0.15) is 5.69 Å². The van der Waals surface area contributed by atoms with Gasteiger partial charge in [-0.1, -0.05) is 36.7 Å². The van der Waals surface area contributed by atoms with Crippen molar-refractivity contribution in [3.05, 3.63) is 41.0 Å². The Morgan fingerprint density at radius 1 is 1.45 bits per heavy atom. The molecule has 1 aromatic heterocycles. The molecule has 0 bridgehead atoms.